The first-order valence-corrected chi connectivity index (χ1v) is 11.7. The van der Waals surface area contributed by atoms with Gasteiger partial charge in [0.15, 0.2) is 0 Å². The third kappa shape index (κ3) is 7.06. The zero-order valence-electron chi connectivity index (χ0n) is 17.4. The molecule has 0 atom stereocenters. The number of nitrogens with one attached hydrogen (secondary N) is 1. The number of halogens is 1. The van der Waals surface area contributed by atoms with E-state index in [-0.39, 0.29) is 5.91 Å². The van der Waals surface area contributed by atoms with E-state index in [0.717, 1.165) is 17.2 Å². The zero-order valence-corrected chi connectivity index (χ0v) is 19.0. The summed E-state index contributed by atoms with van der Waals surface area (Å²) in [7, 11) is 0. The molecule has 1 saturated carbocycles. The SMILES string of the molecule is O=C(CCCn1cncn1)NC/C=C/c1cnc(Oc2ccc(OCC3CC3)cc2Cl)s1. The number of hydrogen-bond acceptors (Lipinski definition) is 7. The van der Waals surface area contributed by atoms with Crippen LogP contribution >= 0.6 is 22.9 Å². The maximum atomic E-state index is 11.9. The second-order valence-electron chi connectivity index (χ2n) is 7.45. The number of carbonyl (C=O) groups excluding carboxylic acids is 1. The van der Waals surface area contributed by atoms with Crippen LogP contribution in [0.3, 0.4) is 0 Å². The van der Waals surface area contributed by atoms with E-state index in [0.29, 0.717) is 47.8 Å². The Balaban J connectivity index is 1.18. The summed E-state index contributed by atoms with van der Waals surface area (Å²) in [6, 6.07) is 5.41. The maximum Gasteiger partial charge on any atom is 0.279 e. The van der Waals surface area contributed by atoms with Gasteiger partial charge in [0.2, 0.25) is 5.91 Å². The van der Waals surface area contributed by atoms with Gasteiger partial charge in [-0.05, 0) is 43.4 Å². The molecule has 0 spiro atoms. The predicted molar refractivity (Wildman–Crippen MR) is 123 cm³/mol. The third-order valence-electron chi connectivity index (χ3n) is 4.74. The van der Waals surface area contributed by atoms with Crippen LogP contribution in [-0.2, 0) is 11.3 Å². The lowest BCUT2D eigenvalue weighted by Gasteiger charge is -2.08. The topological polar surface area (TPSA) is 91.2 Å². The summed E-state index contributed by atoms with van der Waals surface area (Å²) < 4.78 is 13.2. The minimum Gasteiger partial charge on any atom is -0.493 e. The molecule has 3 aromatic rings. The van der Waals surface area contributed by atoms with Crippen molar-refractivity contribution in [3.05, 3.63) is 53.0 Å². The Morgan fingerprint density at radius 2 is 2.28 bits per heavy atom. The first-order chi connectivity index (χ1) is 15.7. The highest BCUT2D eigenvalue weighted by atomic mass is 35.5. The molecule has 0 saturated heterocycles. The molecule has 4 rings (SSSR count). The minimum atomic E-state index is 0.00212. The molecule has 1 fully saturated rings. The van der Waals surface area contributed by atoms with E-state index >= 15 is 0 Å². The molecule has 1 aromatic carbocycles. The van der Waals surface area contributed by atoms with Gasteiger partial charge in [0, 0.05) is 31.8 Å². The molecular formula is C22H24ClN5O3S. The first-order valence-electron chi connectivity index (χ1n) is 10.5. The van der Waals surface area contributed by atoms with Crippen molar-refractivity contribution < 1.29 is 14.3 Å². The van der Waals surface area contributed by atoms with Crippen LogP contribution in [0.2, 0.25) is 5.02 Å². The van der Waals surface area contributed by atoms with Gasteiger partial charge in [0.05, 0.1) is 16.5 Å². The second kappa shape index (κ2) is 11.1. The highest BCUT2D eigenvalue weighted by Crippen LogP contribution is 2.35. The fourth-order valence-corrected chi connectivity index (χ4v) is 3.74. The molecule has 2 heterocycles. The third-order valence-corrected chi connectivity index (χ3v) is 5.88. The van der Waals surface area contributed by atoms with Crippen LogP contribution in [0, 0.1) is 5.92 Å². The van der Waals surface area contributed by atoms with E-state index in [1.165, 1.54) is 30.5 Å². The van der Waals surface area contributed by atoms with Crippen molar-refractivity contribution in [1.82, 2.24) is 25.1 Å². The summed E-state index contributed by atoms with van der Waals surface area (Å²) >= 11 is 7.72. The fourth-order valence-electron chi connectivity index (χ4n) is 2.83. The standard InChI is InChI=1S/C22H24ClN5O3S/c23-19-11-17(30-13-16-5-6-16)7-8-20(19)31-22-26-12-18(32-22)3-1-9-25-21(29)4-2-10-28-15-24-14-27-28/h1,3,7-8,11-12,14-16H,2,4-6,9-10,13H2,(H,25,29)/b3-1+. The lowest BCUT2D eigenvalue weighted by Crippen LogP contribution is -2.23. The van der Waals surface area contributed by atoms with Gasteiger partial charge in [-0.2, -0.15) is 5.10 Å². The van der Waals surface area contributed by atoms with Gasteiger partial charge >= 0.3 is 0 Å². The highest BCUT2D eigenvalue weighted by molar-refractivity contribution is 7.14. The van der Waals surface area contributed by atoms with Crippen molar-refractivity contribution in [2.45, 2.75) is 32.2 Å². The number of aryl methyl sites for hydroxylation is 1. The summed E-state index contributed by atoms with van der Waals surface area (Å²) in [4.78, 5) is 20.9. The average molecular weight is 474 g/mol. The maximum absolute atomic E-state index is 11.9. The molecule has 1 N–H and O–H groups in total. The molecule has 0 bridgehead atoms. The van der Waals surface area contributed by atoms with Crippen molar-refractivity contribution in [3.63, 3.8) is 0 Å². The summed E-state index contributed by atoms with van der Waals surface area (Å²) in [5.74, 6) is 1.97. The largest absolute Gasteiger partial charge is 0.493 e. The average Bonchev–Trinajstić information content (AvgIpc) is 3.26. The van der Waals surface area contributed by atoms with Gasteiger partial charge in [0.25, 0.3) is 5.19 Å². The van der Waals surface area contributed by atoms with Crippen LogP contribution in [0.4, 0.5) is 0 Å². The van der Waals surface area contributed by atoms with E-state index in [2.05, 4.69) is 20.4 Å². The van der Waals surface area contributed by atoms with Crippen LogP contribution in [0.15, 0.2) is 43.1 Å². The molecule has 168 valence electrons. The normalized spacial score (nSPS) is 13.4. The van der Waals surface area contributed by atoms with Gasteiger partial charge in [-0.3, -0.25) is 9.48 Å². The van der Waals surface area contributed by atoms with Gasteiger partial charge in [0.1, 0.15) is 24.2 Å². The molecule has 32 heavy (non-hydrogen) atoms. The fraction of sp³-hybridized carbons (Fsp3) is 0.364. The van der Waals surface area contributed by atoms with Gasteiger partial charge in [-0.15, -0.1) is 0 Å². The molecule has 0 unspecified atom stereocenters. The summed E-state index contributed by atoms with van der Waals surface area (Å²) in [5, 5.41) is 7.85. The van der Waals surface area contributed by atoms with Gasteiger partial charge < -0.3 is 14.8 Å². The molecule has 1 aliphatic rings. The Bertz CT molecular complexity index is 1050. The number of rotatable bonds is 12. The summed E-state index contributed by atoms with van der Waals surface area (Å²) in [6.07, 6.45) is 12.3. The number of aromatic nitrogens is 4. The van der Waals surface area contributed by atoms with E-state index in [4.69, 9.17) is 21.1 Å². The van der Waals surface area contributed by atoms with Gasteiger partial charge in [-0.25, -0.2) is 9.97 Å². The monoisotopic (exact) mass is 473 g/mol. The van der Waals surface area contributed by atoms with Crippen molar-refractivity contribution in [2.75, 3.05) is 13.2 Å². The van der Waals surface area contributed by atoms with Crippen molar-refractivity contribution in [3.8, 4) is 16.7 Å². The van der Waals surface area contributed by atoms with Crippen molar-refractivity contribution in [1.29, 1.82) is 0 Å². The number of thiazole rings is 1. The van der Waals surface area contributed by atoms with Crippen LogP contribution < -0.4 is 14.8 Å². The van der Waals surface area contributed by atoms with Crippen LogP contribution in [-0.4, -0.2) is 38.8 Å². The van der Waals surface area contributed by atoms with Crippen molar-refractivity contribution in [2.24, 2.45) is 5.92 Å². The van der Waals surface area contributed by atoms with E-state index in [1.54, 1.807) is 29.3 Å². The van der Waals surface area contributed by atoms with Crippen LogP contribution in [0.25, 0.3) is 6.08 Å². The quantitative estimate of drug-likeness (QED) is 0.414. The number of carbonyl (C=O) groups is 1. The van der Waals surface area contributed by atoms with Crippen LogP contribution in [0.1, 0.15) is 30.6 Å². The van der Waals surface area contributed by atoms with Crippen LogP contribution in [0.5, 0.6) is 16.7 Å². The number of nitrogens with zero attached hydrogens (tertiary/aromatic N) is 4. The van der Waals surface area contributed by atoms with Crippen molar-refractivity contribution >= 4 is 34.9 Å². The highest BCUT2D eigenvalue weighted by Gasteiger charge is 2.22. The Hall–Kier alpha value is -2.91. The van der Waals surface area contributed by atoms with E-state index in [1.807, 2.05) is 18.2 Å². The molecule has 0 radical (unpaired) electrons. The summed E-state index contributed by atoms with van der Waals surface area (Å²) in [5.41, 5.74) is 0. The molecule has 2 aromatic heterocycles. The Morgan fingerprint density at radius 1 is 1.38 bits per heavy atom. The smallest absolute Gasteiger partial charge is 0.279 e. The molecule has 8 nitrogen and oxygen atoms in total. The second-order valence-corrected chi connectivity index (χ2v) is 8.88. The number of benzene rings is 1. The molecule has 0 aliphatic heterocycles. The predicted octanol–water partition coefficient (Wildman–Crippen LogP) is 4.58. The zero-order chi connectivity index (χ0) is 22.2. The lowest BCUT2D eigenvalue weighted by atomic mass is 10.3. The molecule has 1 aliphatic carbocycles. The van der Waals surface area contributed by atoms with Gasteiger partial charge in [-0.1, -0.05) is 29.0 Å². The Kier molecular flexibility index (Phi) is 7.73. The van der Waals surface area contributed by atoms with E-state index < -0.39 is 0 Å². The Morgan fingerprint density at radius 3 is 3.06 bits per heavy atom. The molecule has 1 amide bonds. The molecule has 10 heteroatoms. The lowest BCUT2D eigenvalue weighted by molar-refractivity contribution is -0.121. The number of amides is 1. The van der Waals surface area contributed by atoms with E-state index in [9.17, 15) is 4.79 Å². The minimum absolute atomic E-state index is 0.00212. The molecular weight excluding hydrogens is 450 g/mol. The number of ether oxygens (including phenoxy) is 2. The summed E-state index contributed by atoms with van der Waals surface area (Å²) in [6.45, 7) is 1.86. The number of hydrogen-bond donors (Lipinski definition) is 1. The Labute approximate surface area is 195 Å². The first kappa shape index (κ1) is 22.3.